The maximum absolute atomic E-state index is 15.1. The molecule has 2 N–H and O–H groups in total. The molecular formula is C26H18Cl2F10N2O2. The van der Waals surface area contributed by atoms with E-state index in [1.165, 1.54) is 11.4 Å². The summed E-state index contributed by atoms with van der Waals surface area (Å²) in [4.78, 5) is 24.8. The molecule has 2 amide bonds. The first kappa shape index (κ1) is 33.2. The van der Waals surface area contributed by atoms with Gasteiger partial charge in [-0.25, -0.2) is 4.39 Å². The van der Waals surface area contributed by atoms with Crippen LogP contribution in [0.4, 0.5) is 43.9 Å². The number of halogens is 12. The third-order valence-corrected chi connectivity index (χ3v) is 6.79. The van der Waals surface area contributed by atoms with E-state index in [0.29, 0.717) is 12.1 Å². The van der Waals surface area contributed by atoms with Crippen LogP contribution in [0, 0.1) is 0 Å². The maximum atomic E-state index is 15.1. The summed E-state index contributed by atoms with van der Waals surface area (Å²) in [5.74, 6) is -7.22. The molecule has 42 heavy (non-hydrogen) atoms. The Hall–Kier alpha value is -3.26. The summed E-state index contributed by atoms with van der Waals surface area (Å²) >= 11 is 11.9. The summed E-state index contributed by atoms with van der Waals surface area (Å²) in [6.07, 6.45) is -14.4. The number of carbonyl (C=O) groups excluding carboxylic acids is 2. The Morgan fingerprint density at radius 1 is 0.976 bits per heavy atom. The Labute approximate surface area is 241 Å². The number of hydrogen-bond acceptors (Lipinski definition) is 2. The maximum Gasteiger partial charge on any atom is 0.417 e. The molecule has 3 rings (SSSR count). The fourth-order valence-corrected chi connectivity index (χ4v) is 4.55. The van der Waals surface area contributed by atoms with Crippen LogP contribution in [-0.2, 0) is 11.0 Å². The highest BCUT2D eigenvalue weighted by Crippen LogP contribution is 2.42. The van der Waals surface area contributed by atoms with Gasteiger partial charge in [0, 0.05) is 21.2 Å². The lowest BCUT2D eigenvalue weighted by molar-refractivity contribution is -0.140. The molecule has 4 nitrogen and oxygen atoms in total. The van der Waals surface area contributed by atoms with Crippen molar-refractivity contribution in [1.29, 1.82) is 0 Å². The van der Waals surface area contributed by atoms with Crippen molar-refractivity contribution in [3.05, 3.63) is 80.8 Å². The first-order chi connectivity index (χ1) is 19.2. The molecule has 2 aromatic carbocycles. The molecule has 0 aliphatic heterocycles. The van der Waals surface area contributed by atoms with Crippen LogP contribution in [0.1, 0.15) is 51.4 Å². The van der Waals surface area contributed by atoms with Crippen molar-refractivity contribution in [3.63, 3.8) is 0 Å². The number of amides is 2. The van der Waals surface area contributed by atoms with Crippen molar-refractivity contribution in [2.24, 2.45) is 0 Å². The third-order valence-electron chi connectivity index (χ3n) is 6.16. The van der Waals surface area contributed by atoms with Gasteiger partial charge in [-0.2, -0.15) is 39.5 Å². The number of nitrogens with one attached hydrogen (secondary N) is 2. The van der Waals surface area contributed by atoms with Crippen LogP contribution >= 0.6 is 23.2 Å². The van der Waals surface area contributed by atoms with Crippen molar-refractivity contribution in [2.75, 3.05) is 6.54 Å². The molecule has 2 aromatic rings. The van der Waals surface area contributed by atoms with E-state index in [2.05, 4.69) is 6.58 Å². The molecule has 1 aliphatic carbocycles. The van der Waals surface area contributed by atoms with Gasteiger partial charge in [0.2, 0.25) is 5.91 Å². The predicted molar refractivity (Wildman–Crippen MR) is 134 cm³/mol. The lowest BCUT2D eigenvalue weighted by Crippen LogP contribution is -2.51. The van der Waals surface area contributed by atoms with E-state index in [0.717, 1.165) is 12.1 Å². The number of alkyl halides is 9. The summed E-state index contributed by atoms with van der Waals surface area (Å²) < 4.78 is 135. The largest absolute Gasteiger partial charge is 0.417 e. The number of rotatable bonds is 8. The first-order valence-electron chi connectivity index (χ1n) is 11.6. The van der Waals surface area contributed by atoms with E-state index in [1.54, 1.807) is 0 Å². The number of hydrogen-bond donors (Lipinski definition) is 2. The summed E-state index contributed by atoms with van der Waals surface area (Å²) in [5.41, 5.74) is -6.29. The molecule has 0 spiro atoms. The molecule has 0 saturated heterocycles. The van der Waals surface area contributed by atoms with Crippen LogP contribution in [0.5, 0.6) is 0 Å². The zero-order valence-corrected chi connectivity index (χ0v) is 22.3. The van der Waals surface area contributed by atoms with E-state index >= 15 is 4.39 Å². The molecule has 1 atom stereocenters. The van der Waals surface area contributed by atoms with Crippen molar-refractivity contribution < 1.29 is 53.5 Å². The van der Waals surface area contributed by atoms with E-state index in [-0.39, 0.29) is 40.6 Å². The fraction of sp³-hybridized carbons (Fsp3) is 0.308. The highest BCUT2D eigenvalue weighted by atomic mass is 35.5. The third kappa shape index (κ3) is 7.77. The molecule has 0 aromatic heterocycles. The predicted octanol–water partition coefficient (Wildman–Crippen LogP) is 8.25. The van der Waals surface area contributed by atoms with Crippen LogP contribution in [-0.4, -0.2) is 36.3 Å². The molecule has 1 saturated carbocycles. The molecule has 0 heterocycles. The van der Waals surface area contributed by atoms with Gasteiger partial charge in [0.05, 0.1) is 11.1 Å². The van der Waals surface area contributed by atoms with Crippen LogP contribution < -0.4 is 10.6 Å². The van der Waals surface area contributed by atoms with Gasteiger partial charge >= 0.3 is 18.5 Å². The second kappa shape index (κ2) is 11.8. The normalized spacial score (nSPS) is 16.0. The van der Waals surface area contributed by atoms with Gasteiger partial charge in [0.25, 0.3) is 5.91 Å². The average molecular weight is 651 g/mol. The molecule has 228 valence electrons. The summed E-state index contributed by atoms with van der Waals surface area (Å²) in [5, 5.41) is 3.01. The number of allylic oxidation sites excluding steroid dienone is 1. The van der Waals surface area contributed by atoms with Gasteiger partial charge in [-0.3, -0.25) is 9.59 Å². The van der Waals surface area contributed by atoms with Gasteiger partial charge in [-0.1, -0.05) is 41.9 Å². The lowest BCUT2D eigenvalue weighted by atomic mass is 9.94. The minimum Gasteiger partial charge on any atom is -0.345 e. The Kier molecular flexibility index (Phi) is 9.33. The quantitative estimate of drug-likeness (QED) is 0.283. The van der Waals surface area contributed by atoms with Crippen molar-refractivity contribution in [2.45, 2.75) is 42.8 Å². The highest BCUT2D eigenvalue weighted by molar-refractivity contribution is 6.37. The highest BCUT2D eigenvalue weighted by Gasteiger charge is 2.52. The van der Waals surface area contributed by atoms with E-state index in [9.17, 15) is 49.1 Å². The minimum atomic E-state index is -5.33. The topological polar surface area (TPSA) is 58.2 Å². The molecule has 0 radical (unpaired) electrons. The van der Waals surface area contributed by atoms with Crippen molar-refractivity contribution in [1.82, 2.24) is 10.6 Å². The lowest BCUT2D eigenvalue weighted by Gasteiger charge is -2.20. The van der Waals surface area contributed by atoms with Gasteiger partial charge < -0.3 is 10.6 Å². The summed E-state index contributed by atoms with van der Waals surface area (Å²) in [7, 11) is 0. The first-order valence-corrected chi connectivity index (χ1v) is 12.4. The Bertz CT molecular complexity index is 1400. The second-order valence-electron chi connectivity index (χ2n) is 9.23. The Morgan fingerprint density at radius 3 is 2.00 bits per heavy atom. The van der Waals surface area contributed by atoms with Gasteiger partial charge in [0.15, 0.2) is 0 Å². The molecule has 1 fully saturated rings. The van der Waals surface area contributed by atoms with Crippen molar-refractivity contribution >= 4 is 46.9 Å². The minimum absolute atomic E-state index is 0.00891. The van der Waals surface area contributed by atoms with Crippen molar-refractivity contribution in [3.8, 4) is 0 Å². The zero-order chi connectivity index (χ0) is 31.8. The van der Waals surface area contributed by atoms with E-state index in [1.807, 2.05) is 5.32 Å². The number of carbonyl (C=O) groups is 2. The monoisotopic (exact) mass is 650 g/mol. The average Bonchev–Trinajstić information content (AvgIpc) is 3.63. The van der Waals surface area contributed by atoms with Crippen LogP contribution in [0.2, 0.25) is 10.0 Å². The van der Waals surface area contributed by atoms with Crippen LogP contribution in [0.3, 0.4) is 0 Å². The molecule has 1 aliphatic rings. The molecular weight excluding hydrogens is 633 g/mol. The zero-order valence-electron chi connectivity index (χ0n) is 20.8. The fourth-order valence-electron chi connectivity index (χ4n) is 3.89. The SMILES string of the molecule is C=Cc1c(Cl)cc(C(C=C(F)c2ccc(C(=O)NC3(C(=O)NCC(F)(F)F)CC3)c(C(F)(F)F)c2)C(F)(F)F)cc1Cl. The second-order valence-corrected chi connectivity index (χ2v) is 10.0. The molecule has 0 bridgehead atoms. The van der Waals surface area contributed by atoms with Crippen LogP contribution in [0.25, 0.3) is 11.9 Å². The molecule has 1 unspecified atom stereocenters. The summed E-state index contributed by atoms with van der Waals surface area (Å²) in [6.45, 7) is 1.67. The van der Waals surface area contributed by atoms with E-state index in [4.69, 9.17) is 23.2 Å². The van der Waals surface area contributed by atoms with Gasteiger partial charge in [0.1, 0.15) is 23.8 Å². The van der Waals surface area contributed by atoms with Gasteiger partial charge in [-0.05, 0) is 48.7 Å². The Morgan fingerprint density at radius 2 is 1.55 bits per heavy atom. The molecule has 16 heteroatoms. The number of benzene rings is 2. The Balaban J connectivity index is 1.97. The van der Waals surface area contributed by atoms with Gasteiger partial charge in [-0.15, -0.1) is 0 Å². The standard InChI is InChI=1S/C26H18Cl2F10N2O2/c1-2-14-18(27)8-13(9-19(14)28)16(25(33,34)35)10-20(29)12-3-4-15(17(7-12)26(36,37)38)21(41)40-23(5-6-23)22(42)39-11-24(30,31)32/h2-4,7-10,16H,1,5-6,11H2,(H,39,42)(H,40,41). The van der Waals surface area contributed by atoms with E-state index < -0.39 is 76.4 Å². The smallest absolute Gasteiger partial charge is 0.345 e. The summed E-state index contributed by atoms with van der Waals surface area (Å²) in [6, 6.07) is 2.87. The van der Waals surface area contributed by atoms with Crippen LogP contribution in [0.15, 0.2) is 43.0 Å².